The Morgan fingerprint density at radius 2 is 2.45 bits per heavy atom. The average Bonchev–Trinajstić information content (AvgIpc) is 2.50. The van der Waals surface area contributed by atoms with Crippen LogP contribution >= 0.6 is 0 Å². The smallest absolute Gasteiger partial charge is 0.0524 e. The van der Waals surface area contributed by atoms with Gasteiger partial charge < -0.3 is 5.73 Å². The normalized spacial score (nSPS) is 13.4. The standard InChI is InChI=1S/C8H15N3/c1-3-11-6-8(5-10-11)7(2)4-9/h5-7H,3-4,9H2,1-2H3. The van der Waals surface area contributed by atoms with Gasteiger partial charge in [-0.2, -0.15) is 5.10 Å². The van der Waals surface area contributed by atoms with Gasteiger partial charge in [-0.05, 0) is 24.9 Å². The highest BCUT2D eigenvalue weighted by molar-refractivity contribution is 5.10. The van der Waals surface area contributed by atoms with Crippen molar-refractivity contribution >= 4 is 0 Å². The Labute approximate surface area is 67.2 Å². The summed E-state index contributed by atoms with van der Waals surface area (Å²) in [5.41, 5.74) is 6.75. The first-order valence-electron chi connectivity index (χ1n) is 4.00. The van der Waals surface area contributed by atoms with Crippen molar-refractivity contribution in [2.45, 2.75) is 26.3 Å². The van der Waals surface area contributed by atoms with Crippen LogP contribution in [0.15, 0.2) is 12.4 Å². The second-order valence-electron chi connectivity index (χ2n) is 2.77. The van der Waals surface area contributed by atoms with Crippen LogP contribution in [0.4, 0.5) is 0 Å². The Balaban J connectivity index is 2.71. The van der Waals surface area contributed by atoms with Crippen LogP contribution in [0, 0.1) is 0 Å². The van der Waals surface area contributed by atoms with Crippen molar-refractivity contribution in [1.82, 2.24) is 9.78 Å². The fourth-order valence-electron chi connectivity index (χ4n) is 0.943. The van der Waals surface area contributed by atoms with Crippen molar-refractivity contribution in [1.29, 1.82) is 0 Å². The van der Waals surface area contributed by atoms with Gasteiger partial charge in [0.05, 0.1) is 6.20 Å². The van der Waals surface area contributed by atoms with Crippen molar-refractivity contribution in [3.05, 3.63) is 18.0 Å². The second-order valence-corrected chi connectivity index (χ2v) is 2.77. The topological polar surface area (TPSA) is 43.8 Å². The van der Waals surface area contributed by atoms with Crippen molar-refractivity contribution in [2.75, 3.05) is 6.54 Å². The van der Waals surface area contributed by atoms with E-state index in [1.807, 2.05) is 10.9 Å². The van der Waals surface area contributed by atoms with E-state index >= 15 is 0 Å². The highest BCUT2D eigenvalue weighted by atomic mass is 15.3. The summed E-state index contributed by atoms with van der Waals surface area (Å²) in [6, 6.07) is 0. The van der Waals surface area contributed by atoms with E-state index in [2.05, 4.69) is 25.1 Å². The number of aryl methyl sites for hydroxylation is 1. The minimum absolute atomic E-state index is 0.426. The second kappa shape index (κ2) is 3.53. The third-order valence-corrected chi connectivity index (χ3v) is 1.90. The van der Waals surface area contributed by atoms with E-state index in [1.54, 1.807) is 0 Å². The highest BCUT2D eigenvalue weighted by Gasteiger charge is 2.04. The van der Waals surface area contributed by atoms with Crippen molar-refractivity contribution in [2.24, 2.45) is 5.73 Å². The van der Waals surface area contributed by atoms with Gasteiger partial charge >= 0.3 is 0 Å². The predicted octanol–water partition coefficient (Wildman–Crippen LogP) is 0.965. The maximum Gasteiger partial charge on any atom is 0.0524 e. The summed E-state index contributed by atoms with van der Waals surface area (Å²) in [4.78, 5) is 0. The lowest BCUT2D eigenvalue weighted by molar-refractivity contribution is 0.657. The molecule has 0 aliphatic heterocycles. The van der Waals surface area contributed by atoms with Crippen LogP contribution in [0.2, 0.25) is 0 Å². The lowest BCUT2D eigenvalue weighted by Crippen LogP contribution is -2.07. The SMILES string of the molecule is CCn1cc(C(C)CN)cn1. The zero-order valence-electron chi connectivity index (χ0n) is 7.12. The van der Waals surface area contributed by atoms with E-state index in [1.165, 1.54) is 5.56 Å². The largest absolute Gasteiger partial charge is 0.330 e. The van der Waals surface area contributed by atoms with Crippen LogP contribution in [0.3, 0.4) is 0 Å². The molecule has 1 aromatic rings. The lowest BCUT2D eigenvalue weighted by atomic mass is 10.1. The summed E-state index contributed by atoms with van der Waals surface area (Å²) >= 11 is 0. The van der Waals surface area contributed by atoms with Crippen LogP contribution in [-0.4, -0.2) is 16.3 Å². The van der Waals surface area contributed by atoms with Gasteiger partial charge in [0.25, 0.3) is 0 Å². The zero-order chi connectivity index (χ0) is 8.27. The number of rotatable bonds is 3. The zero-order valence-corrected chi connectivity index (χ0v) is 7.12. The van der Waals surface area contributed by atoms with E-state index < -0.39 is 0 Å². The molecule has 1 aromatic heterocycles. The van der Waals surface area contributed by atoms with Gasteiger partial charge in [-0.1, -0.05) is 6.92 Å². The molecule has 0 radical (unpaired) electrons. The monoisotopic (exact) mass is 153 g/mol. The molecule has 0 aliphatic carbocycles. The molecule has 0 fully saturated rings. The molecular formula is C8H15N3. The Hall–Kier alpha value is -0.830. The van der Waals surface area contributed by atoms with Crippen LogP contribution in [-0.2, 0) is 6.54 Å². The summed E-state index contributed by atoms with van der Waals surface area (Å²) in [7, 11) is 0. The van der Waals surface area contributed by atoms with E-state index in [-0.39, 0.29) is 0 Å². The van der Waals surface area contributed by atoms with E-state index in [0.29, 0.717) is 12.5 Å². The van der Waals surface area contributed by atoms with Gasteiger partial charge in [0, 0.05) is 12.7 Å². The first kappa shape index (κ1) is 8.27. The number of nitrogens with two attached hydrogens (primary N) is 1. The molecule has 2 N–H and O–H groups in total. The molecule has 0 aliphatic rings. The predicted molar refractivity (Wildman–Crippen MR) is 45.4 cm³/mol. The molecule has 62 valence electrons. The van der Waals surface area contributed by atoms with E-state index in [0.717, 1.165) is 6.54 Å². The minimum Gasteiger partial charge on any atom is -0.330 e. The fraction of sp³-hybridized carbons (Fsp3) is 0.625. The summed E-state index contributed by atoms with van der Waals surface area (Å²) in [5, 5.41) is 4.16. The summed E-state index contributed by atoms with van der Waals surface area (Å²) in [6.45, 7) is 5.80. The van der Waals surface area contributed by atoms with Crippen molar-refractivity contribution < 1.29 is 0 Å². The van der Waals surface area contributed by atoms with Gasteiger partial charge in [-0.3, -0.25) is 4.68 Å². The Morgan fingerprint density at radius 3 is 2.91 bits per heavy atom. The van der Waals surface area contributed by atoms with Crippen LogP contribution in [0.1, 0.15) is 25.3 Å². The van der Waals surface area contributed by atoms with Gasteiger partial charge in [0.2, 0.25) is 0 Å². The van der Waals surface area contributed by atoms with E-state index in [9.17, 15) is 0 Å². The molecule has 1 rings (SSSR count). The molecule has 0 aromatic carbocycles. The van der Waals surface area contributed by atoms with Gasteiger partial charge in [0.15, 0.2) is 0 Å². The van der Waals surface area contributed by atoms with Crippen LogP contribution < -0.4 is 5.73 Å². The first-order valence-corrected chi connectivity index (χ1v) is 4.00. The van der Waals surface area contributed by atoms with Crippen LogP contribution in [0.25, 0.3) is 0 Å². The van der Waals surface area contributed by atoms with Gasteiger partial charge in [-0.25, -0.2) is 0 Å². The highest BCUT2D eigenvalue weighted by Crippen LogP contribution is 2.11. The molecule has 3 heteroatoms. The fourth-order valence-corrected chi connectivity index (χ4v) is 0.943. The van der Waals surface area contributed by atoms with Crippen LogP contribution in [0.5, 0.6) is 0 Å². The maximum atomic E-state index is 5.52. The number of aromatic nitrogens is 2. The number of hydrogen-bond acceptors (Lipinski definition) is 2. The average molecular weight is 153 g/mol. The Morgan fingerprint density at radius 1 is 1.73 bits per heavy atom. The number of nitrogens with zero attached hydrogens (tertiary/aromatic N) is 2. The Bertz CT molecular complexity index is 217. The first-order chi connectivity index (χ1) is 5.27. The molecular weight excluding hydrogens is 138 g/mol. The molecule has 0 saturated heterocycles. The lowest BCUT2D eigenvalue weighted by Gasteiger charge is -2.02. The summed E-state index contributed by atoms with van der Waals surface area (Å²) in [6.07, 6.45) is 3.94. The summed E-state index contributed by atoms with van der Waals surface area (Å²) in [5.74, 6) is 0.426. The summed E-state index contributed by atoms with van der Waals surface area (Å²) < 4.78 is 1.92. The molecule has 11 heavy (non-hydrogen) atoms. The van der Waals surface area contributed by atoms with Gasteiger partial charge in [0.1, 0.15) is 0 Å². The number of hydrogen-bond donors (Lipinski definition) is 1. The maximum absolute atomic E-state index is 5.52. The molecule has 1 heterocycles. The molecule has 1 unspecified atom stereocenters. The molecule has 0 bridgehead atoms. The van der Waals surface area contributed by atoms with Gasteiger partial charge in [-0.15, -0.1) is 0 Å². The third kappa shape index (κ3) is 1.80. The Kier molecular flexibility index (Phi) is 2.65. The molecule has 1 atom stereocenters. The molecule has 0 saturated carbocycles. The molecule has 0 spiro atoms. The quantitative estimate of drug-likeness (QED) is 0.703. The van der Waals surface area contributed by atoms with E-state index in [4.69, 9.17) is 5.73 Å². The minimum atomic E-state index is 0.426. The molecule has 0 amide bonds. The van der Waals surface area contributed by atoms with Crippen molar-refractivity contribution in [3.8, 4) is 0 Å². The third-order valence-electron chi connectivity index (χ3n) is 1.90. The van der Waals surface area contributed by atoms with Crippen molar-refractivity contribution in [3.63, 3.8) is 0 Å². The molecule has 3 nitrogen and oxygen atoms in total.